The van der Waals surface area contributed by atoms with Crippen LogP contribution >= 0.6 is 0 Å². The van der Waals surface area contributed by atoms with E-state index in [9.17, 15) is 14.3 Å². The Kier molecular flexibility index (Phi) is 7.35. The zero-order valence-electron chi connectivity index (χ0n) is 23.4. The Hall–Kier alpha value is -4.77. The van der Waals surface area contributed by atoms with Crippen LogP contribution in [0.1, 0.15) is 47.2 Å². The quantitative estimate of drug-likeness (QED) is 0.225. The van der Waals surface area contributed by atoms with Gasteiger partial charge in [0.2, 0.25) is 5.88 Å². The van der Waals surface area contributed by atoms with E-state index in [4.69, 9.17) is 14.5 Å². The number of aromatic carboxylic acids is 1. The van der Waals surface area contributed by atoms with Crippen LogP contribution in [0.25, 0.3) is 22.3 Å². The number of carboxylic acids is 1. The minimum Gasteiger partial charge on any atom is -0.478 e. The number of benzene rings is 2. The zero-order valence-corrected chi connectivity index (χ0v) is 23.4. The number of imidazole rings is 1. The number of aromatic nitrogens is 4. The average Bonchev–Trinajstić information content (AvgIpc) is 3.51. The molecule has 43 heavy (non-hydrogen) atoms. The van der Waals surface area contributed by atoms with E-state index in [-0.39, 0.29) is 58.3 Å². The molecule has 3 aromatic heterocycles. The highest BCUT2D eigenvalue weighted by molar-refractivity contribution is 5.92. The number of rotatable bonds is 8. The van der Waals surface area contributed by atoms with Gasteiger partial charge < -0.3 is 19.1 Å². The van der Waals surface area contributed by atoms with Gasteiger partial charge in [0, 0.05) is 35.2 Å². The highest BCUT2D eigenvalue weighted by Gasteiger charge is 2.39. The molecule has 0 amide bonds. The summed E-state index contributed by atoms with van der Waals surface area (Å²) in [5, 5.41) is 9.57. The number of fused-ring (bicyclic) bond motifs is 1. The Morgan fingerprint density at radius 2 is 1.88 bits per heavy atom. The molecule has 2 aromatic carbocycles. The maximum atomic E-state index is 15.6. The lowest BCUT2D eigenvalue weighted by molar-refractivity contribution is 0.0697. The lowest BCUT2D eigenvalue weighted by Crippen LogP contribution is -2.27. The first kappa shape index (κ1) is 28.4. The zero-order chi connectivity index (χ0) is 30.3. The molecule has 1 aliphatic rings. The topological polar surface area (TPSA) is 99.4 Å². The van der Waals surface area contributed by atoms with Crippen molar-refractivity contribution < 1.29 is 32.5 Å². The molecule has 5 aromatic rings. The largest absolute Gasteiger partial charge is 0.478 e. The molecule has 4 heterocycles. The predicted octanol–water partition coefficient (Wildman–Crippen LogP) is 6.38. The summed E-state index contributed by atoms with van der Waals surface area (Å²) < 4.78 is 58.2. The number of ether oxygens (including phenoxy) is 2. The molecular weight excluding hydrogens is 561 g/mol. The van der Waals surface area contributed by atoms with Crippen molar-refractivity contribution in [3.05, 3.63) is 107 Å². The molecule has 0 radical (unpaired) electrons. The SMILES string of the molecule is CC1(C)COC[C@H]1n1c(Cc2cc(F)c(-c3cccc(OCc4ccncc4F)n3)cc2F)nc2ccc(C(=O)O)cc21. The smallest absolute Gasteiger partial charge is 0.335 e. The van der Waals surface area contributed by atoms with E-state index in [0.29, 0.717) is 30.1 Å². The van der Waals surface area contributed by atoms with Crippen LogP contribution in [-0.4, -0.2) is 43.8 Å². The summed E-state index contributed by atoms with van der Waals surface area (Å²) in [6.07, 6.45) is 2.48. The normalized spacial score (nSPS) is 16.1. The molecule has 8 nitrogen and oxygen atoms in total. The van der Waals surface area contributed by atoms with Crippen LogP contribution in [0.4, 0.5) is 13.2 Å². The number of hydrogen-bond acceptors (Lipinski definition) is 6. The Morgan fingerprint density at radius 1 is 1.05 bits per heavy atom. The van der Waals surface area contributed by atoms with Crippen molar-refractivity contribution in [2.45, 2.75) is 32.9 Å². The summed E-state index contributed by atoms with van der Waals surface area (Å²) in [4.78, 5) is 24.4. The van der Waals surface area contributed by atoms with E-state index in [1.54, 1.807) is 24.3 Å². The number of halogens is 3. The fraction of sp³-hybridized carbons (Fsp3) is 0.250. The molecule has 0 unspecified atom stereocenters. The predicted molar refractivity (Wildman–Crippen MR) is 151 cm³/mol. The van der Waals surface area contributed by atoms with Crippen LogP contribution in [-0.2, 0) is 17.8 Å². The van der Waals surface area contributed by atoms with Crippen LogP contribution in [0.3, 0.4) is 0 Å². The molecule has 0 bridgehead atoms. The van der Waals surface area contributed by atoms with Crippen LogP contribution in [0.2, 0.25) is 0 Å². The summed E-state index contributed by atoms with van der Waals surface area (Å²) in [6.45, 7) is 4.82. The van der Waals surface area contributed by atoms with Gasteiger partial charge >= 0.3 is 5.97 Å². The lowest BCUT2D eigenvalue weighted by atomic mass is 9.87. The van der Waals surface area contributed by atoms with E-state index in [2.05, 4.69) is 9.97 Å². The summed E-state index contributed by atoms with van der Waals surface area (Å²) in [5.41, 5.74) is 1.37. The minimum atomic E-state index is -1.07. The van der Waals surface area contributed by atoms with E-state index in [1.807, 2.05) is 18.4 Å². The monoisotopic (exact) mass is 588 g/mol. The molecule has 1 atom stereocenters. The number of nitrogens with zero attached hydrogens (tertiary/aromatic N) is 4. The highest BCUT2D eigenvalue weighted by atomic mass is 19.1. The fourth-order valence-electron chi connectivity index (χ4n) is 5.34. The van der Waals surface area contributed by atoms with Crippen LogP contribution in [0.15, 0.2) is 67.0 Å². The van der Waals surface area contributed by atoms with E-state index in [1.165, 1.54) is 24.4 Å². The van der Waals surface area contributed by atoms with Crippen molar-refractivity contribution in [2.24, 2.45) is 5.41 Å². The van der Waals surface area contributed by atoms with Crippen molar-refractivity contribution in [2.75, 3.05) is 13.2 Å². The van der Waals surface area contributed by atoms with Gasteiger partial charge in [0.1, 0.15) is 29.9 Å². The maximum Gasteiger partial charge on any atom is 0.335 e. The van der Waals surface area contributed by atoms with Crippen molar-refractivity contribution >= 4 is 17.0 Å². The van der Waals surface area contributed by atoms with Gasteiger partial charge in [0.15, 0.2) is 0 Å². The fourth-order valence-corrected chi connectivity index (χ4v) is 5.34. The summed E-state index contributed by atoms with van der Waals surface area (Å²) in [5.74, 6) is -2.37. The molecule has 220 valence electrons. The van der Waals surface area contributed by atoms with Crippen molar-refractivity contribution in [1.82, 2.24) is 19.5 Å². The number of carboxylic acid groups (broad SMARTS) is 1. The summed E-state index contributed by atoms with van der Waals surface area (Å²) in [7, 11) is 0. The molecule has 0 aliphatic carbocycles. The average molecular weight is 589 g/mol. The Balaban J connectivity index is 1.32. The minimum absolute atomic E-state index is 0.0409. The number of hydrogen-bond donors (Lipinski definition) is 1. The van der Waals surface area contributed by atoms with Gasteiger partial charge in [0.05, 0.1) is 47.7 Å². The van der Waals surface area contributed by atoms with Gasteiger partial charge in [0.25, 0.3) is 0 Å². The molecule has 6 rings (SSSR count). The lowest BCUT2D eigenvalue weighted by Gasteiger charge is -2.28. The standard InChI is InChI=1S/C32H27F3N4O4/c1-32(2)17-42-16-28(32)39-27-11-18(31(40)41)6-7-26(27)37-29(39)12-20-10-23(34)21(13-22(20)33)25-4-3-5-30(38-25)43-15-19-8-9-36-14-24(19)35/h3-11,13-14,28H,12,15-17H2,1-2H3,(H,40,41)/t28-/m1/s1. The first-order valence-electron chi connectivity index (χ1n) is 13.6. The third-order valence-corrected chi connectivity index (χ3v) is 7.69. The van der Waals surface area contributed by atoms with Gasteiger partial charge in [-0.15, -0.1) is 0 Å². The van der Waals surface area contributed by atoms with Gasteiger partial charge in [-0.1, -0.05) is 19.9 Å². The number of pyridine rings is 2. The Labute approximate surface area is 244 Å². The Bertz CT molecular complexity index is 1860. The van der Waals surface area contributed by atoms with Crippen LogP contribution in [0, 0.1) is 22.9 Å². The van der Waals surface area contributed by atoms with Crippen LogP contribution < -0.4 is 4.74 Å². The molecule has 0 spiro atoms. The molecule has 1 aliphatic heterocycles. The van der Waals surface area contributed by atoms with Crippen molar-refractivity contribution in [3.63, 3.8) is 0 Å². The Morgan fingerprint density at radius 3 is 2.63 bits per heavy atom. The molecule has 11 heteroatoms. The van der Waals surface area contributed by atoms with Crippen molar-refractivity contribution in [3.8, 4) is 17.1 Å². The van der Waals surface area contributed by atoms with Crippen LogP contribution in [0.5, 0.6) is 5.88 Å². The van der Waals surface area contributed by atoms with E-state index in [0.717, 1.165) is 18.3 Å². The second-order valence-electron chi connectivity index (χ2n) is 11.1. The first-order valence-corrected chi connectivity index (χ1v) is 13.6. The van der Waals surface area contributed by atoms with E-state index < -0.39 is 23.4 Å². The van der Waals surface area contributed by atoms with Crippen molar-refractivity contribution in [1.29, 1.82) is 0 Å². The molecule has 0 saturated carbocycles. The second kappa shape index (κ2) is 11.1. The molecule has 1 saturated heterocycles. The van der Waals surface area contributed by atoms with Gasteiger partial charge in [-0.05, 0) is 48.0 Å². The molecule has 1 fully saturated rings. The molecule has 1 N–H and O–H groups in total. The van der Waals surface area contributed by atoms with E-state index >= 15 is 8.78 Å². The maximum absolute atomic E-state index is 15.6. The van der Waals surface area contributed by atoms with Gasteiger partial charge in [-0.3, -0.25) is 4.98 Å². The third kappa shape index (κ3) is 5.55. The van der Waals surface area contributed by atoms with Gasteiger partial charge in [-0.25, -0.2) is 27.9 Å². The second-order valence-corrected chi connectivity index (χ2v) is 11.1. The highest BCUT2D eigenvalue weighted by Crippen LogP contribution is 2.40. The first-order chi connectivity index (χ1) is 20.6. The van der Waals surface area contributed by atoms with Gasteiger partial charge in [-0.2, -0.15) is 0 Å². The summed E-state index contributed by atoms with van der Waals surface area (Å²) >= 11 is 0. The third-order valence-electron chi connectivity index (χ3n) is 7.69. The number of carbonyl (C=O) groups is 1. The summed E-state index contributed by atoms with van der Waals surface area (Å²) in [6, 6.07) is 12.8. The molecular formula is C32H27F3N4O4.